The van der Waals surface area contributed by atoms with Crippen molar-refractivity contribution < 1.29 is 8.42 Å². The summed E-state index contributed by atoms with van der Waals surface area (Å²) in [6, 6.07) is 14.2. The highest BCUT2D eigenvalue weighted by Gasteiger charge is 2.24. The van der Waals surface area contributed by atoms with Crippen LogP contribution < -0.4 is 10.0 Å². The lowest BCUT2D eigenvalue weighted by atomic mass is 10.2. The van der Waals surface area contributed by atoms with Crippen LogP contribution in [0.3, 0.4) is 0 Å². The molecule has 2 aromatic carbocycles. The quantitative estimate of drug-likeness (QED) is 0.939. The van der Waals surface area contributed by atoms with Gasteiger partial charge in [0, 0.05) is 13.6 Å². The Bertz CT molecular complexity index is 711. The average Bonchev–Trinajstić information content (AvgIpc) is 2.46. The molecule has 2 aromatic rings. The van der Waals surface area contributed by atoms with Crippen LogP contribution >= 0.6 is 0 Å². The van der Waals surface area contributed by atoms with E-state index in [9.17, 15) is 8.42 Å². The molecule has 0 aromatic heterocycles. The molecule has 106 valence electrons. The lowest BCUT2D eigenvalue weighted by Gasteiger charge is -2.22. The molecule has 20 heavy (non-hydrogen) atoms. The van der Waals surface area contributed by atoms with E-state index < -0.39 is 10.0 Å². The van der Waals surface area contributed by atoms with Gasteiger partial charge in [-0.15, -0.1) is 0 Å². The van der Waals surface area contributed by atoms with Crippen LogP contribution in [0.4, 0.5) is 5.69 Å². The van der Waals surface area contributed by atoms with Gasteiger partial charge < -0.3 is 5.73 Å². The summed E-state index contributed by atoms with van der Waals surface area (Å²) in [4.78, 5) is 0.314. The van der Waals surface area contributed by atoms with E-state index in [0.717, 1.165) is 11.1 Å². The van der Waals surface area contributed by atoms with Crippen molar-refractivity contribution >= 4 is 15.7 Å². The molecule has 0 bridgehead atoms. The predicted octanol–water partition coefficient (Wildman–Crippen LogP) is 2.28. The van der Waals surface area contributed by atoms with Crippen molar-refractivity contribution in [2.45, 2.75) is 18.4 Å². The number of para-hydroxylation sites is 1. The normalized spacial score (nSPS) is 11.3. The van der Waals surface area contributed by atoms with Gasteiger partial charge in [-0.1, -0.05) is 36.4 Å². The van der Waals surface area contributed by atoms with Crippen LogP contribution in [0.15, 0.2) is 53.4 Å². The zero-order chi connectivity index (χ0) is 14.8. The third-order valence-corrected chi connectivity index (χ3v) is 5.21. The molecule has 4 nitrogen and oxygen atoms in total. The Hall–Kier alpha value is -1.85. The van der Waals surface area contributed by atoms with Crippen molar-refractivity contribution in [1.29, 1.82) is 0 Å². The molecule has 0 amide bonds. The number of hydrogen-bond acceptors (Lipinski definition) is 3. The van der Waals surface area contributed by atoms with Gasteiger partial charge in [-0.3, -0.25) is 4.31 Å². The van der Waals surface area contributed by atoms with E-state index in [1.807, 2.05) is 18.2 Å². The molecule has 0 saturated heterocycles. The second-order valence-electron chi connectivity index (χ2n) is 4.57. The van der Waals surface area contributed by atoms with E-state index in [-0.39, 0.29) is 0 Å². The first-order valence-electron chi connectivity index (χ1n) is 6.31. The van der Waals surface area contributed by atoms with E-state index >= 15 is 0 Å². The number of nitrogens with two attached hydrogens (primary N) is 1. The summed E-state index contributed by atoms with van der Waals surface area (Å²) >= 11 is 0. The van der Waals surface area contributed by atoms with Gasteiger partial charge in [0.1, 0.15) is 0 Å². The number of rotatable bonds is 4. The maximum absolute atomic E-state index is 12.7. The Morgan fingerprint density at radius 3 is 2.30 bits per heavy atom. The molecule has 0 aliphatic rings. The largest absolute Gasteiger partial charge is 0.326 e. The zero-order valence-electron chi connectivity index (χ0n) is 11.6. The minimum atomic E-state index is -3.58. The van der Waals surface area contributed by atoms with Crippen molar-refractivity contribution in [2.24, 2.45) is 5.73 Å². The summed E-state index contributed by atoms with van der Waals surface area (Å²) in [7, 11) is -2.03. The molecule has 0 atom stereocenters. The summed E-state index contributed by atoms with van der Waals surface area (Å²) in [5.74, 6) is 0. The maximum Gasteiger partial charge on any atom is 0.264 e. The molecule has 2 rings (SSSR count). The highest BCUT2D eigenvalue weighted by Crippen LogP contribution is 2.26. The number of nitrogens with zero attached hydrogens (tertiary/aromatic N) is 1. The lowest BCUT2D eigenvalue weighted by molar-refractivity contribution is 0.593. The third-order valence-electron chi connectivity index (χ3n) is 3.28. The molecule has 0 radical (unpaired) electrons. The number of sulfonamides is 1. The molecule has 0 fully saturated rings. The van der Waals surface area contributed by atoms with Crippen molar-refractivity contribution in [1.82, 2.24) is 0 Å². The number of anilines is 1. The van der Waals surface area contributed by atoms with E-state index in [1.54, 1.807) is 44.3 Å². The van der Waals surface area contributed by atoms with Gasteiger partial charge in [0.05, 0.1) is 10.6 Å². The molecule has 0 unspecified atom stereocenters. The summed E-state index contributed by atoms with van der Waals surface area (Å²) < 4.78 is 26.7. The fourth-order valence-electron chi connectivity index (χ4n) is 2.11. The second kappa shape index (κ2) is 5.64. The van der Waals surface area contributed by atoms with E-state index in [4.69, 9.17) is 5.73 Å². The Balaban J connectivity index is 2.52. The Labute approximate surface area is 119 Å². The van der Waals surface area contributed by atoms with Gasteiger partial charge in [0.25, 0.3) is 10.0 Å². The van der Waals surface area contributed by atoms with Crippen LogP contribution in [0, 0.1) is 6.92 Å². The fraction of sp³-hybridized carbons (Fsp3) is 0.200. The van der Waals surface area contributed by atoms with Gasteiger partial charge >= 0.3 is 0 Å². The predicted molar refractivity (Wildman–Crippen MR) is 81.1 cm³/mol. The maximum atomic E-state index is 12.7. The van der Waals surface area contributed by atoms with Crippen LogP contribution in [0.2, 0.25) is 0 Å². The minimum Gasteiger partial charge on any atom is -0.326 e. The van der Waals surface area contributed by atoms with Gasteiger partial charge in [-0.05, 0) is 30.2 Å². The lowest BCUT2D eigenvalue weighted by Crippen LogP contribution is -2.28. The van der Waals surface area contributed by atoms with Crippen molar-refractivity contribution in [3.63, 3.8) is 0 Å². The van der Waals surface area contributed by atoms with Crippen LogP contribution in [0.5, 0.6) is 0 Å². The summed E-state index contributed by atoms with van der Waals surface area (Å²) in [6.07, 6.45) is 0. The van der Waals surface area contributed by atoms with Crippen LogP contribution in [0.25, 0.3) is 0 Å². The second-order valence-corrected chi connectivity index (χ2v) is 6.51. The molecule has 0 spiro atoms. The van der Waals surface area contributed by atoms with E-state index in [1.165, 1.54) is 4.31 Å². The molecule has 0 aliphatic heterocycles. The first kappa shape index (κ1) is 14.6. The first-order valence-corrected chi connectivity index (χ1v) is 7.75. The zero-order valence-corrected chi connectivity index (χ0v) is 12.4. The topological polar surface area (TPSA) is 63.4 Å². The molecule has 0 heterocycles. The standard InChI is InChI=1S/C15H18N2O2S/c1-12-7-3-6-10-15(12)20(18,19)17(2)14-9-5-4-8-13(14)11-16/h3-10H,11,16H2,1-2H3. The van der Waals surface area contributed by atoms with Crippen molar-refractivity contribution in [3.05, 3.63) is 59.7 Å². The molecular formula is C15H18N2O2S. The van der Waals surface area contributed by atoms with Gasteiger partial charge in [0.15, 0.2) is 0 Å². The van der Waals surface area contributed by atoms with Crippen LogP contribution in [-0.4, -0.2) is 15.5 Å². The number of hydrogen-bond donors (Lipinski definition) is 1. The minimum absolute atomic E-state index is 0.295. The third kappa shape index (κ3) is 2.55. The molecule has 5 heteroatoms. The number of aryl methyl sites for hydroxylation is 1. The Kier molecular flexibility index (Phi) is 4.11. The fourth-order valence-corrected chi connectivity index (χ4v) is 3.57. The van der Waals surface area contributed by atoms with Crippen LogP contribution in [0.1, 0.15) is 11.1 Å². The molecule has 0 saturated carbocycles. The summed E-state index contributed by atoms with van der Waals surface area (Å²) in [6.45, 7) is 2.08. The monoisotopic (exact) mass is 290 g/mol. The van der Waals surface area contributed by atoms with Gasteiger partial charge in [-0.25, -0.2) is 8.42 Å². The average molecular weight is 290 g/mol. The van der Waals surface area contributed by atoms with Crippen molar-refractivity contribution in [3.8, 4) is 0 Å². The Morgan fingerprint density at radius 1 is 1.05 bits per heavy atom. The summed E-state index contributed by atoms with van der Waals surface area (Å²) in [5, 5.41) is 0. The molecular weight excluding hydrogens is 272 g/mol. The van der Waals surface area contributed by atoms with Gasteiger partial charge in [-0.2, -0.15) is 0 Å². The first-order chi connectivity index (χ1) is 9.48. The molecule has 2 N–H and O–H groups in total. The highest BCUT2D eigenvalue weighted by atomic mass is 32.2. The SMILES string of the molecule is Cc1ccccc1S(=O)(=O)N(C)c1ccccc1CN. The Morgan fingerprint density at radius 2 is 1.65 bits per heavy atom. The van der Waals surface area contributed by atoms with Crippen molar-refractivity contribution in [2.75, 3.05) is 11.4 Å². The summed E-state index contributed by atoms with van der Waals surface area (Å²) in [5.41, 5.74) is 7.81. The number of benzene rings is 2. The van der Waals surface area contributed by atoms with E-state index in [0.29, 0.717) is 17.1 Å². The molecule has 0 aliphatic carbocycles. The van der Waals surface area contributed by atoms with Gasteiger partial charge in [0.2, 0.25) is 0 Å². The highest BCUT2D eigenvalue weighted by molar-refractivity contribution is 7.92. The van der Waals surface area contributed by atoms with E-state index in [2.05, 4.69) is 0 Å². The van der Waals surface area contributed by atoms with Crippen LogP contribution in [-0.2, 0) is 16.6 Å². The smallest absolute Gasteiger partial charge is 0.264 e.